The molecular formula is C10H16BrN3. The number of hydrogen-bond acceptors (Lipinski definition) is 3. The molecular weight excluding hydrogens is 242 g/mol. The van der Waals surface area contributed by atoms with E-state index in [1.165, 1.54) is 0 Å². The maximum absolute atomic E-state index is 5.58. The summed E-state index contributed by atoms with van der Waals surface area (Å²) in [5.74, 6) is 1.45. The first-order valence-electron chi connectivity index (χ1n) is 4.67. The van der Waals surface area contributed by atoms with Gasteiger partial charge in [0.1, 0.15) is 5.82 Å². The molecule has 4 heteroatoms. The molecule has 0 saturated carbocycles. The summed E-state index contributed by atoms with van der Waals surface area (Å²) in [5.41, 5.74) is 5.58. The van der Waals surface area contributed by atoms with Gasteiger partial charge < -0.3 is 10.6 Å². The van der Waals surface area contributed by atoms with E-state index in [1.54, 1.807) is 6.20 Å². The predicted molar refractivity (Wildman–Crippen MR) is 63.4 cm³/mol. The molecule has 0 aliphatic heterocycles. The van der Waals surface area contributed by atoms with Crippen LogP contribution in [0, 0.1) is 5.92 Å². The molecule has 1 atom stereocenters. The smallest absolute Gasteiger partial charge is 0.142 e. The molecule has 0 spiro atoms. The van der Waals surface area contributed by atoms with E-state index in [2.05, 4.69) is 32.7 Å². The Hall–Kier alpha value is -0.610. The first-order chi connectivity index (χ1) is 6.65. The van der Waals surface area contributed by atoms with Gasteiger partial charge in [0.05, 0.1) is 4.47 Å². The topological polar surface area (TPSA) is 42.1 Å². The molecule has 0 aromatic carbocycles. The normalized spacial score (nSPS) is 12.6. The molecule has 78 valence electrons. The number of nitrogens with zero attached hydrogens (tertiary/aromatic N) is 2. The summed E-state index contributed by atoms with van der Waals surface area (Å²) >= 11 is 3.47. The van der Waals surface area contributed by atoms with Crippen LogP contribution >= 0.6 is 15.9 Å². The molecule has 1 unspecified atom stereocenters. The SMILES string of the molecule is CC(CN)CN(C)c1ncccc1Br. The highest BCUT2D eigenvalue weighted by Gasteiger charge is 2.09. The van der Waals surface area contributed by atoms with Crippen LogP contribution in [0.15, 0.2) is 22.8 Å². The largest absolute Gasteiger partial charge is 0.358 e. The van der Waals surface area contributed by atoms with E-state index in [0.29, 0.717) is 12.5 Å². The lowest BCUT2D eigenvalue weighted by atomic mass is 10.2. The minimum atomic E-state index is 0.480. The van der Waals surface area contributed by atoms with E-state index in [4.69, 9.17) is 5.73 Å². The van der Waals surface area contributed by atoms with E-state index >= 15 is 0 Å². The van der Waals surface area contributed by atoms with Crippen molar-refractivity contribution in [2.45, 2.75) is 6.92 Å². The lowest BCUT2D eigenvalue weighted by Gasteiger charge is -2.22. The predicted octanol–water partition coefficient (Wildman–Crippen LogP) is 1.88. The second-order valence-corrected chi connectivity index (χ2v) is 4.38. The number of aromatic nitrogens is 1. The van der Waals surface area contributed by atoms with E-state index < -0.39 is 0 Å². The van der Waals surface area contributed by atoms with Crippen molar-refractivity contribution >= 4 is 21.7 Å². The van der Waals surface area contributed by atoms with Gasteiger partial charge >= 0.3 is 0 Å². The molecule has 1 heterocycles. The zero-order chi connectivity index (χ0) is 10.6. The van der Waals surface area contributed by atoms with Gasteiger partial charge in [-0.15, -0.1) is 0 Å². The third-order valence-electron chi connectivity index (χ3n) is 2.09. The number of anilines is 1. The van der Waals surface area contributed by atoms with Crippen molar-refractivity contribution in [1.82, 2.24) is 4.98 Å². The Morgan fingerprint density at radius 3 is 2.93 bits per heavy atom. The molecule has 0 aliphatic carbocycles. The van der Waals surface area contributed by atoms with E-state index in [9.17, 15) is 0 Å². The molecule has 0 radical (unpaired) electrons. The van der Waals surface area contributed by atoms with Gasteiger partial charge in [-0.05, 0) is 40.5 Å². The van der Waals surface area contributed by atoms with Gasteiger partial charge in [0.2, 0.25) is 0 Å². The summed E-state index contributed by atoms with van der Waals surface area (Å²) in [7, 11) is 2.03. The standard InChI is InChI=1S/C10H16BrN3/c1-8(6-12)7-14(2)10-9(11)4-3-5-13-10/h3-5,8H,6-7,12H2,1-2H3. The van der Waals surface area contributed by atoms with Crippen molar-refractivity contribution in [3.05, 3.63) is 22.8 Å². The summed E-state index contributed by atoms with van der Waals surface area (Å²) in [4.78, 5) is 6.42. The highest BCUT2D eigenvalue weighted by atomic mass is 79.9. The minimum absolute atomic E-state index is 0.480. The fourth-order valence-electron chi connectivity index (χ4n) is 1.29. The maximum Gasteiger partial charge on any atom is 0.142 e. The second kappa shape index (κ2) is 5.32. The number of rotatable bonds is 4. The Balaban J connectivity index is 2.69. The summed E-state index contributed by atoms with van der Waals surface area (Å²) in [6, 6.07) is 3.90. The van der Waals surface area contributed by atoms with Crippen LogP contribution in [-0.2, 0) is 0 Å². The van der Waals surface area contributed by atoms with Gasteiger partial charge in [0.15, 0.2) is 0 Å². The Bertz CT molecular complexity index is 290. The fraction of sp³-hybridized carbons (Fsp3) is 0.500. The van der Waals surface area contributed by atoms with Crippen molar-refractivity contribution in [3.63, 3.8) is 0 Å². The van der Waals surface area contributed by atoms with Gasteiger partial charge in [0.25, 0.3) is 0 Å². The van der Waals surface area contributed by atoms with Crippen molar-refractivity contribution < 1.29 is 0 Å². The Kier molecular flexibility index (Phi) is 4.35. The van der Waals surface area contributed by atoms with Crippen molar-refractivity contribution in [1.29, 1.82) is 0 Å². The van der Waals surface area contributed by atoms with Crippen LogP contribution in [0.25, 0.3) is 0 Å². The van der Waals surface area contributed by atoms with Gasteiger partial charge in [-0.25, -0.2) is 4.98 Å². The van der Waals surface area contributed by atoms with E-state index in [0.717, 1.165) is 16.8 Å². The lowest BCUT2D eigenvalue weighted by Crippen LogP contribution is -2.28. The highest BCUT2D eigenvalue weighted by Crippen LogP contribution is 2.22. The molecule has 0 bridgehead atoms. The van der Waals surface area contributed by atoms with Gasteiger partial charge in [-0.1, -0.05) is 6.92 Å². The van der Waals surface area contributed by atoms with E-state index in [-0.39, 0.29) is 0 Å². The first kappa shape index (κ1) is 11.5. The molecule has 3 nitrogen and oxygen atoms in total. The van der Waals surface area contributed by atoms with Crippen LogP contribution in [0.1, 0.15) is 6.92 Å². The zero-order valence-corrected chi connectivity index (χ0v) is 10.2. The Labute approximate surface area is 93.4 Å². The molecule has 1 aromatic heterocycles. The summed E-state index contributed by atoms with van der Waals surface area (Å²) in [6.07, 6.45) is 1.80. The molecule has 2 N–H and O–H groups in total. The van der Waals surface area contributed by atoms with Crippen LogP contribution in [0.3, 0.4) is 0 Å². The van der Waals surface area contributed by atoms with Gasteiger partial charge in [-0.3, -0.25) is 0 Å². The fourth-order valence-corrected chi connectivity index (χ4v) is 1.84. The van der Waals surface area contributed by atoms with Crippen molar-refractivity contribution in [3.8, 4) is 0 Å². The molecule has 0 amide bonds. The van der Waals surface area contributed by atoms with Crippen LogP contribution in [0.5, 0.6) is 0 Å². The molecule has 1 rings (SSSR count). The summed E-state index contributed by atoms with van der Waals surface area (Å²) < 4.78 is 1.02. The van der Waals surface area contributed by atoms with Gasteiger partial charge in [0, 0.05) is 19.8 Å². The maximum atomic E-state index is 5.58. The number of nitrogens with two attached hydrogens (primary N) is 1. The van der Waals surface area contributed by atoms with Crippen molar-refractivity contribution in [2.24, 2.45) is 11.7 Å². The third-order valence-corrected chi connectivity index (χ3v) is 2.71. The summed E-state index contributed by atoms with van der Waals surface area (Å²) in [6.45, 7) is 3.76. The Morgan fingerprint density at radius 1 is 1.64 bits per heavy atom. The molecule has 0 fully saturated rings. The van der Waals surface area contributed by atoms with Crippen LogP contribution in [0.4, 0.5) is 5.82 Å². The molecule has 1 aromatic rings. The molecule has 0 saturated heterocycles. The summed E-state index contributed by atoms with van der Waals surface area (Å²) in [5, 5.41) is 0. The number of pyridine rings is 1. The minimum Gasteiger partial charge on any atom is -0.358 e. The average Bonchev–Trinajstić information content (AvgIpc) is 2.18. The number of halogens is 1. The lowest BCUT2D eigenvalue weighted by molar-refractivity contribution is 0.587. The van der Waals surface area contributed by atoms with E-state index in [1.807, 2.05) is 19.2 Å². The van der Waals surface area contributed by atoms with Crippen molar-refractivity contribution in [2.75, 3.05) is 25.0 Å². The zero-order valence-electron chi connectivity index (χ0n) is 8.57. The quantitative estimate of drug-likeness (QED) is 0.896. The average molecular weight is 258 g/mol. The third kappa shape index (κ3) is 2.96. The van der Waals surface area contributed by atoms with Crippen LogP contribution in [0.2, 0.25) is 0 Å². The highest BCUT2D eigenvalue weighted by molar-refractivity contribution is 9.10. The first-order valence-corrected chi connectivity index (χ1v) is 5.46. The monoisotopic (exact) mass is 257 g/mol. The Morgan fingerprint density at radius 2 is 2.36 bits per heavy atom. The van der Waals surface area contributed by atoms with Crippen LogP contribution in [-0.4, -0.2) is 25.1 Å². The van der Waals surface area contributed by atoms with Crippen LogP contribution < -0.4 is 10.6 Å². The molecule has 14 heavy (non-hydrogen) atoms. The number of hydrogen-bond donors (Lipinski definition) is 1. The van der Waals surface area contributed by atoms with Gasteiger partial charge in [-0.2, -0.15) is 0 Å². The molecule has 0 aliphatic rings. The second-order valence-electron chi connectivity index (χ2n) is 3.53.